The van der Waals surface area contributed by atoms with Gasteiger partial charge in [-0.2, -0.15) is 0 Å². The zero-order valence-corrected chi connectivity index (χ0v) is 10.2. The van der Waals surface area contributed by atoms with E-state index in [1.807, 2.05) is 0 Å². The molecule has 0 heterocycles. The van der Waals surface area contributed by atoms with Crippen molar-refractivity contribution in [1.82, 2.24) is 0 Å². The van der Waals surface area contributed by atoms with Crippen molar-refractivity contribution in [2.24, 2.45) is 0 Å². The van der Waals surface area contributed by atoms with Crippen LogP contribution in [-0.4, -0.2) is 25.7 Å². The Morgan fingerprint density at radius 2 is 1.78 bits per heavy atom. The van der Waals surface area contributed by atoms with Crippen molar-refractivity contribution >= 4 is 15.8 Å². The summed E-state index contributed by atoms with van der Waals surface area (Å²) in [6, 6.07) is 0.383. The maximum atomic E-state index is 13.5. The lowest BCUT2D eigenvalue weighted by molar-refractivity contribution is -0.138. The van der Waals surface area contributed by atoms with Crippen LogP contribution in [0.25, 0.3) is 0 Å². The van der Waals surface area contributed by atoms with Gasteiger partial charge in [-0.05, 0) is 13.0 Å². The van der Waals surface area contributed by atoms with Gasteiger partial charge in [0.25, 0.3) is 0 Å². The summed E-state index contributed by atoms with van der Waals surface area (Å²) in [5.41, 5.74) is -0.745. The Labute approximate surface area is 101 Å². The molecule has 0 aromatic heterocycles. The van der Waals surface area contributed by atoms with Gasteiger partial charge in [0.05, 0.1) is 5.92 Å². The van der Waals surface area contributed by atoms with Crippen molar-refractivity contribution in [3.8, 4) is 0 Å². The average Bonchev–Trinajstić information content (AvgIpc) is 2.20. The van der Waals surface area contributed by atoms with Crippen molar-refractivity contribution in [3.63, 3.8) is 0 Å². The Morgan fingerprint density at radius 3 is 2.17 bits per heavy atom. The first-order valence-electron chi connectivity index (χ1n) is 4.67. The molecule has 0 spiro atoms. The first kappa shape index (κ1) is 14.5. The highest BCUT2D eigenvalue weighted by molar-refractivity contribution is 7.90. The lowest BCUT2D eigenvalue weighted by Crippen LogP contribution is -2.14. The number of carboxylic acid groups (broad SMARTS) is 1. The smallest absolute Gasteiger partial charge is 0.310 e. The third-order valence-electron chi connectivity index (χ3n) is 2.35. The zero-order chi connectivity index (χ0) is 14.2. The van der Waals surface area contributed by atoms with E-state index in [1.165, 1.54) is 0 Å². The molecule has 1 aromatic carbocycles. The second-order valence-electron chi connectivity index (χ2n) is 3.74. The molecule has 0 saturated carbocycles. The molecule has 1 unspecified atom stereocenters. The van der Waals surface area contributed by atoms with Crippen LogP contribution in [0.1, 0.15) is 18.4 Å². The van der Waals surface area contributed by atoms with E-state index in [2.05, 4.69) is 0 Å². The van der Waals surface area contributed by atoms with Gasteiger partial charge in [-0.15, -0.1) is 0 Å². The van der Waals surface area contributed by atoms with Gasteiger partial charge in [0.1, 0.15) is 10.7 Å². The van der Waals surface area contributed by atoms with Gasteiger partial charge in [-0.1, -0.05) is 0 Å². The number of hydrogen-bond acceptors (Lipinski definition) is 3. The van der Waals surface area contributed by atoms with Crippen LogP contribution < -0.4 is 0 Å². The number of benzene rings is 1. The first-order chi connectivity index (χ1) is 8.07. The van der Waals surface area contributed by atoms with Crippen LogP contribution in [0.2, 0.25) is 0 Å². The Morgan fingerprint density at radius 1 is 1.28 bits per heavy atom. The molecule has 0 radical (unpaired) electrons. The Balaban J connectivity index is 3.62. The Bertz CT molecular complexity index is 610. The van der Waals surface area contributed by atoms with E-state index in [-0.39, 0.29) is 0 Å². The monoisotopic (exact) mass is 282 g/mol. The molecule has 0 fully saturated rings. The predicted molar refractivity (Wildman–Crippen MR) is 55.5 cm³/mol. The predicted octanol–water partition coefficient (Wildman–Crippen LogP) is 1.70. The van der Waals surface area contributed by atoms with Crippen LogP contribution in [0.15, 0.2) is 11.0 Å². The van der Waals surface area contributed by atoms with E-state index in [0.717, 1.165) is 6.92 Å². The van der Waals surface area contributed by atoms with Gasteiger partial charge in [-0.3, -0.25) is 4.79 Å². The summed E-state index contributed by atoms with van der Waals surface area (Å²) < 4.78 is 62.6. The lowest BCUT2D eigenvalue weighted by Gasteiger charge is -2.11. The molecule has 0 saturated heterocycles. The summed E-state index contributed by atoms with van der Waals surface area (Å²) in [5, 5.41) is 8.64. The lowest BCUT2D eigenvalue weighted by atomic mass is 10.0. The van der Waals surface area contributed by atoms with Crippen molar-refractivity contribution in [1.29, 1.82) is 0 Å². The average molecular weight is 282 g/mol. The van der Waals surface area contributed by atoms with Crippen molar-refractivity contribution in [3.05, 3.63) is 29.1 Å². The van der Waals surface area contributed by atoms with Gasteiger partial charge in [-0.25, -0.2) is 21.6 Å². The van der Waals surface area contributed by atoms with Crippen LogP contribution >= 0.6 is 0 Å². The quantitative estimate of drug-likeness (QED) is 0.856. The second kappa shape index (κ2) is 4.60. The molecule has 18 heavy (non-hydrogen) atoms. The normalized spacial score (nSPS) is 13.4. The van der Waals surface area contributed by atoms with Crippen molar-refractivity contribution in [2.45, 2.75) is 17.7 Å². The highest BCUT2D eigenvalue weighted by Gasteiger charge is 2.29. The van der Waals surface area contributed by atoms with Gasteiger partial charge in [0, 0.05) is 11.8 Å². The number of sulfone groups is 1. The molecule has 1 aromatic rings. The van der Waals surface area contributed by atoms with Crippen molar-refractivity contribution < 1.29 is 31.5 Å². The first-order valence-corrected chi connectivity index (χ1v) is 6.56. The zero-order valence-electron chi connectivity index (χ0n) is 9.37. The molecule has 1 N–H and O–H groups in total. The van der Waals surface area contributed by atoms with E-state index < -0.39 is 49.6 Å². The SMILES string of the molecule is CC(C(=O)O)c1cc(F)c(S(C)(=O)=O)c(F)c1F. The Hall–Kier alpha value is -1.57. The standard InChI is InChI=1S/C10H9F3O4S/c1-4(10(14)15)5-3-6(11)9(18(2,16)17)8(13)7(5)12/h3-4H,1-2H3,(H,14,15). The van der Waals surface area contributed by atoms with Gasteiger partial charge >= 0.3 is 5.97 Å². The molecule has 4 nitrogen and oxygen atoms in total. The summed E-state index contributed by atoms with van der Waals surface area (Å²) in [5.74, 6) is -8.07. The van der Waals surface area contributed by atoms with Crippen LogP contribution in [0.3, 0.4) is 0 Å². The van der Waals surface area contributed by atoms with Crippen LogP contribution in [-0.2, 0) is 14.6 Å². The summed E-state index contributed by atoms with van der Waals surface area (Å²) in [4.78, 5) is 9.23. The summed E-state index contributed by atoms with van der Waals surface area (Å²) in [6.45, 7) is 1.03. The molecule has 1 atom stereocenters. The highest BCUT2D eigenvalue weighted by Crippen LogP contribution is 2.28. The van der Waals surface area contributed by atoms with Gasteiger partial charge in [0.2, 0.25) is 0 Å². The number of halogens is 3. The van der Waals surface area contributed by atoms with Crippen LogP contribution in [0.5, 0.6) is 0 Å². The molecule has 0 aliphatic heterocycles. The minimum Gasteiger partial charge on any atom is -0.481 e. The van der Waals surface area contributed by atoms with E-state index in [1.54, 1.807) is 0 Å². The molecule has 0 bridgehead atoms. The van der Waals surface area contributed by atoms with Crippen LogP contribution in [0.4, 0.5) is 13.2 Å². The summed E-state index contributed by atoms with van der Waals surface area (Å²) >= 11 is 0. The number of carbonyl (C=O) groups is 1. The topological polar surface area (TPSA) is 71.4 Å². The van der Waals surface area contributed by atoms with Crippen LogP contribution in [0, 0.1) is 17.5 Å². The number of rotatable bonds is 3. The molecule has 8 heteroatoms. The third kappa shape index (κ3) is 2.47. The molecule has 0 aliphatic rings. The summed E-state index contributed by atoms with van der Waals surface area (Å²) in [6.07, 6.45) is 0.522. The van der Waals surface area contributed by atoms with Gasteiger partial charge < -0.3 is 5.11 Å². The van der Waals surface area contributed by atoms with E-state index in [4.69, 9.17) is 5.11 Å². The molecular formula is C10H9F3O4S. The number of aliphatic carboxylic acids is 1. The molecule has 0 amide bonds. The largest absolute Gasteiger partial charge is 0.481 e. The summed E-state index contributed by atoms with van der Waals surface area (Å²) in [7, 11) is -4.29. The number of hydrogen-bond donors (Lipinski definition) is 1. The fourth-order valence-electron chi connectivity index (χ4n) is 1.38. The van der Waals surface area contributed by atoms with E-state index >= 15 is 0 Å². The second-order valence-corrected chi connectivity index (χ2v) is 5.69. The molecule has 1 rings (SSSR count). The van der Waals surface area contributed by atoms with E-state index in [9.17, 15) is 26.4 Å². The Kier molecular flexibility index (Phi) is 3.70. The van der Waals surface area contributed by atoms with Gasteiger partial charge in [0.15, 0.2) is 21.5 Å². The third-order valence-corrected chi connectivity index (χ3v) is 3.47. The molecular weight excluding hydrogens is 273 g/mol. The molecule has 0 aliphatic carbocycles. The number of carboxylic acids is 1. The maximum Gasteiger partial charge on any atom is 0.310 e. The fourth-order valence-corrected chi connectivity index (χ4v) is 2.21. The minimum absolute atomic E-state index is 0.383. The van der Waals surface area contributed by atoms with Crippen molar-refractivity contribution in [2.75, 3.05) is 6.26 Å². The molecule has 100 valence electrons. The fraction of sp³-hybridized carbons (Fsp3) is 0.300. The maximum absolute atomic E-state index is 13.5. The highest BCUT2D eigenvalue weighted by atomic mass is 32.2. The minimum atomic E-state index is -4.29. The van der Waals surface area contributed by atoms with E-state index in [0.29, 0.717) is 12.3 Å².